The van der Waals surface area contributed by atoms with Crippen LogP contribution in [0.25, 0.3) is 0 Å². The number of rotatable bonds is 11. The van der Waals surface area contributed by atoms with Crippen LogP contribution in [-0.4, -0.2) is 8.07 Å². The first kappa shape index (κ1) is 23.1. The van der Waals surface area contributed by atoms with Crippen molar-refractivity contribution in [3.63, 3.8) is 0 Å². The predicted molar refractivity (Wildman–Crippen MR) is 151 cm³/mol. The molecule has 4 aliphatic rings. The highest BCUT2D eigenvalue weighted by Gasteiger charge is 2.46. The molecule has 2 unspecified atom stereocenters. The molecular weight excluding hydrogens is 424 g/mol. The number of fused-ring (bicyclic) bond motifs is 2. The molecule has 0 bridgehead atoms. The molecule has 5 rings (SSSR count). The second kappa shape index (κ2) is 10.7. The topological polar surface area (TPSA) is 0 Å². The van der Waals surface area contributed by atoms with Crippen LogP contribution in [-0.2, 0) is 0 Å². The van der Waals surface area contributed by atoms with Gasteiger partial charge >= 0.3 is 0 Å². The monoisotopic (exact) mass is 462 g/mol. The first-order valence-electron chi connectivity index (χ1n) is 13.5. The Labute approximate surface area is 207 Å². The van der Waals surface area contributed by atoms with Gasteiger partial charge in [-0.2, -0.15) is 0 Å². The van der Waals surface area contributed by atoms with Gasteiger partial charge in [-0.25, -0.2) is 0 Å². The number of hydrogen-bond acceptors (Lipinski definition) is 0. The first-order valence-corrected chi connectivity index (χ1v) is 15.7. The van der Waals surface area contributed by atoms with Crippen LogP contribution in [0.3, 0.4) is 0 Å². The van der Waals surface area contributed by atoms with Gasteiger partial charge in [-0.05, 0) is 32.8 Å². The summed E-state index contributed by atoms with van der Waals surface area (Å²) in [5.41, 5.74) is 3.09. The number of unbranched alkanes of at least 4 members (excludes halogenated alkanes) is 6. The summed E-state index contributed by atoms with van der Waals surface area (Å²) in [6, 6.07) is 12.9. The summed E-state index contributed by atoms with van der Waals surface area (Å²) >= 11 is 0. The Bertz CT molecular complexity index is 1060. The number of allylic oxidation sites excluding steroid dienone is 16. The normalized spacial score (nSPS) is 23.7. The Morgan fingerprint density at radius 2 is 1.15 bits per heavy atom. The van der Waals surface area contributed by atoms with Crippen molar-refractivity contribution in [1.29, 1.82) is 0 Å². The Hall–Kier alpha value is -2.64. The van der Waals surface area contributed by atoms with E-state index in [2.05, 4.69) is 110 Å². The highest BCUT2D eigenvalue weighted by Crippen LogP contribution is 2.45. The van der Waals surface area contributed by atoms with Gasteiger partial charge in [0, 0.05) is 11.8 Å². The van der Waals surface area contributed by atoms with E-state index in [0.717, 1.165) is 0 Å². The highest BCUT2D eigenvalue weighted by molar-refractivity contribution is 7.04. The molecular formula is C33H38Si. The van der Waals surface area contributed by atoms with Crippen LogP contribution in [0.15, 0.2) is 125 Å². The van der Waals surface area contributed by atoms with Gasteiger partial charge in [0.1, 0.15) is 8.07 Å². The van der Waals surface area contributed by atoms with Crippen molar-refractivity contribution in [1.82, 2.24) is 0 Å². The van der Waals surface area contributed by atoms with E-state index in [0.29, 0.717) is 11.8 Å². The summed E-state index contributed by atoms with van der Waals surface area (Å²) in [6.45, 7) is 2.30. The third-order valence-electron chi connectivity index (χ3n) is 8.03. The van der Waals surface area contributed by atoms with E-state index >= 15 is 0 Å². The fourth-order valence-corrected chi connectivity index (χ4v) is 11.8. The lowest BCUT2D eigenvalue weighted by Crippen LogP contribution is -2.52. The van der Waals surface area contributed by atoms with Crippen LogP contribution in [0.2, 0.25) is 6.04 Å². The second-order valence-corrected chi connectivity index (χ2v) is 14.1. The number of hydrogen-bond donors (Lipinski definition) is 0. The van der Waals surface area contributed by atoms with Crippen LogP contribution in [0.1, 0.15) is 51.9 Å². The van der Waals surface area contributed by atoms with Crippen molar-refractivity contribution >= 4 is 13.3 Å². The summed E-state index contributed by atoms with van der Waals surface area (Å²) in [5, 5.41) is 4.87. The van der Waals surface area contributed by atoms with Crippen molar-refractivity contribution in [2.75, 3.05) is 0 Å². The minimum absolute atomic E-state index is 0.443. The van der Waals surface area contributed by atoms with Crippen LogP contribution in [0, 0.1) is 11.8 Å². The molecule has 0 amide bonds. The molecule has 0 nitrogen and oxygen atoms in total. The molecule has 4 aliphatic carbocycles. The fourth-order valence-electron chi connectivity index (χ4n) is 6.30. The zero-order valence-electron chi connectivity index (χ0n) is 20.6. The molecule has 0 aromatic heterocycles. The lowest BCUT2D eigenvalue weighted by molar-refractivity contribution is 0.601. The third kappa shape index (κ3) is 4.39. The molecule has 1 heteroatoms. The quantitative estimate of drug-likeness (QED) is 0.229. The van der Waals surface area contributed by atoms with E-state index in [1.54, 1.807) is 26.7 Å². The van der Waals surface area contributed by atoms with Gasteiger partial charge < -0.3 is 0 Å². The fraction of sp³-hybridized carbons (Fsp3) is 0.333. The van der Waals surface area contributed by atoms with Gasteiger partial charge in [0.2, 0.25) is 0 Å². The SMILES string of the molecule is CCCCCCCCC[Si](C1=C2C=CC=CC2C=C1)(C1=C2C=CC=CC2C=C1)c1ccccc1. The summed E-state index contributed by atoms with van der Waals surface area (Å²) in [7, 11) is -2.18. The van der Waals surface area contributed by atoms with E-state index in [-0.39, 0.29) is 0 Å². The largest absolute Gasteiger partial charge is 0.149 e. The molecule has 174 valence electrons. The van der Waals surface area contributed by atoms with Gasteiger partial charge in [0.25, 0.3) is 0 Å². The van der Waals surface area contributed by atoms with Crippen molar-refractivity contribution in [3.8, 4) is 0 Å². The second-order valence-electron chi connectivity index (χ2n) is 10.1. The molecule has 0 saturated carbocycles. The molecule has 0 spiro atoms. The van der Waals surface area contributed by atoms with Gasteiger partial charge in [-0.3, -0.25) is 0 Å². The van der Waals surface area contributed by atoms with Crippen LogP contribution < -0.4 is 5.19 Å². The zero-order valence-corrected chi connectivity index (χ0v) is 21.6. The molecule has 34 heavy (non-hydrogen) atoms. The molecule has 0 saturated heterocycles. The Kier molecular flexibility index (Phi) is 7.30. The minimum Gasteiger partial charge on any atom is -0.0733 e. The first-order chi connectivity index (χ1) is 16.8. The van der Waals surface area contributed by atoms with Gasteiger partial charge in [0.15, 0.2) is 0 Å². The van der Waals surface area contributed by atoms with Crippen molar-refractivity contribution < 1.29 is 0 Å². The maximum atomic E-state index is 2.51. The lowest BCUT2D eigenvalue weighted by Gasteiger charge is -2.37. The Morgan fingerprint density at radius 3 is 1.74 bits per heavy atom. The minimum atomic E-state index is -2.18. The maximum Gasteiger partial charge on any atom is 0.149 e. The molecule has 1 aromatic rings. The van der Waals surface area contributed by atoms with E-state index in [4.69, 9.17) is 0 Å². The van der Waals surface area contributed by atoms with Crippen molar-refractivity contribution in [2.24, 2.45) is 11.8 Å². The lowest BCUT2D eigenvalue weighted by atomic mass is 9.98. The van der Waals surface area contributed by atoms with E-state index < -0.39 is 8.07 Å². The number of benzene rings is 1. The van der Waals surface area contributed by atoms with E-state index in [1.165, 1.54) is 51.0 Å². The molecule has 0 aliphatic heterocycles. The van der Waals surface area contributed by atoms with E-state index in [1.807, 2.05) is 0 Å². The van der Waals surface area contributed by atoms with E-state index in [9.17, 15) is 0 Å². The molecule has 2 atom stereocenters. The molecule has 0 radical (unpaired) electrons. The predicted octanol–water partition coefficient (Wildman–Crippen LogP) is 8.39. The third-order valence-corrected chi connectivity index (χ3v) is 13.2. The summed E-state index contributed by atoms with van der Waals surface area (Å²) < 4.78 is 0. The average molecular weight is 463 g/mol. The Balaban J connectivity index is 1.58. The van der Waals surface area contributed by atoms with Gasteiger partial charge in [-0.15, -0.1) is 0 Å². The smallest absolute Gasteiger partial charge is 0.0733 e. The zero-order chi connectivity index (χ0) is 23.2. The highest BCUT2D eigenvalue weighted by atomic mass is 28.3. The van der Waals surface area contributed by atoms with Gasteiger partial charge in [-0.1, -0.05) is 155 Å². The molecule has 0 fully saturated rings. The van der Waals surface area contributed by atoms with Crippen LogP contribution >= 0.6 is 0 Å². The van der Waals surface area contributed by atoms with Crippen LogP contribution in [0.4, 0.5) is 0 Å². The van der Waals surface area contributed by atoms with Gasteiger partial charge in [0.05, 0.1) is 0 Å². The molecule has 1 aromatic carbocycles. The van der Waals surface area contributed by atoms with Crippen molar-refractivity contribution in [2.45, 2.75) is 57.9 Å². The summed E-state index contributed by atoms with van der Waals surface area (Å²) in [4.78, 5) is 0. The van der Waals surface area contributed by atoms with Crippen LogP contribution in [0.5, 0.6) is 0 Å². The maximum absolute atomic E-state index is 2.51. The standard InChI is InChI=1S/C33H38Si/c1-2-3-4-5-6-7-15-26-34(29-18-9-8-10-19-29,32-24-22-27-16-11-13-20-30(27)32)33-25-23-28-17-12-14-21-31(28)33/h8-14,16-25,27-28H,2-7,15,26H2,1H3. The molecule has 0 heterocycles. The van der Waals surface area contributed by atoms with Crippen molar-refractivity contribution in [3.05, 3.63) is 125 Å². The summed E-state index contributed by atoms with van der Waals surface area (Å²) in [5.74, 6) is 0.886. The summed E-state index contributed by atoms with van der Waals surface area (Å²) in [6.07, 6.45) is 37.9. The Morgan fingerprint density at radius 1 is 0.588 bits per heavy atom. The average Bonchev–Trinajstić information content (AvgIpc) is 3.52. The molecule has 0 N–H and O–H groups in total.